The van der Waals surface area contributed by atoms with Crippen molar-refractivity contribution < 1.29 is 28.0 Å². The first kappa shape index (κ1) is 23.6. The minimum atomic E-state index is -1.38. The Kier molecular flexibility index (Phi) is 9.36. The van der Waals surface area contributed by atoms with Crippen molar-refractivity contribution in [2.24, 2.45) is 0 Å². The van der Waals surface area contributed by atoms with Gasteiger partial charge in [-0.15, -0.1) is 0 Å². The molecule has 2 atom stereocenters. The summed E-state index contributed by atoms with van der Waals surface area (Å²) < 4.78 is 35.6. The molecular weight excluding hydrogens is 442 g/mol. The summed E-state index contributed by atoms with van der Waals surface area (Å²) in [6.07, 6.45) is -0.930. The number of benzene rings is 2. The number of carbonyl (C=O) groups is 1. The van der Waals surface area contributed by atoms with Crippen LogP contribution in [0.3, 0.4) is 0 Å². The lowest BCUT2D eigenvalue weighted by Gasteiger charge is -2.14. The standard InChI is InChI=1S/C20H21Cl2FO5S/c1-27-20(25)10-16(24)12-29(26)7-6-17-18(22)8-14(21)9-19(17)28-11-13-2-4-15(23)5-3-13/h2-5,8-9,16,24H,6-7,10-12H2,1H3. The molecule has 9 heteroatoms. The number of ether oxygens (including phenoxy) is 2. The molecule has 2 unspecified atom stereocenters. The minimum absolute atomic E-state index is 0.0495. The zero-order valence-electron chi connectivity index (χ0n) is 15.7. The van der Waals surface area contributed by atoms with Gasteiger partial charge in [-0.2, -0.15) is 0 Å². The summed E-state index contributed by atoms with van der Waals surface area (Å²) in [5, 5.41) is 10.6. The second-order valence-electron chi connectivity index (χ2n) is 6.27. The summed E-state index contributed by atoms with van der Waals surface area (Å²) in [5.41, 5.74) is 1.40. The molecule has 0 saturated heterocycles. The van der Waals surface area contributed by atoms with E-state index in [0.717, 1.165) is 5.56 Å². The third-order valence-corrected chi connectivity index (χ3v) is 5.99. The lowest BCUT2D eigenvalue weighted by molar-refractivity contribution is -0.142. The molecular formula is C20H21Cl2FO5S. The minimum Gasteiger partial charge on any atom is -0.489 e. The van der Waals surface area contributed by atoms with Crippen molar-refractivity contribution in [1.82, 2.24) is 0 Å². The molecule has 1 N–H and O–H groups in total. The Hall–Kier alpha value is -1.67. The number of rotatable bonds is 10. The lowest BCUT2D eigenvalue weighted by atomic mass is 10.1. The van der Waals surface area contributed by atoms with Crippen molar-refractivity contribution in [1.29, 1.82) is 0 Å². The van der Waals surface area contributed by atoms with Gasteiger partial charge in [-0.3, -0.25) is 9.00 Å². The van der Waals surface area contributed by atoms with Gasteiger partial charge in [0.15, 0.2) is 0 Å². The Morgan fingerprint density at radius 3 is 2.59 bits per heavy atom. The number of aliphatic hydroxyl groups excluding tert-OH is 1. The number of halogens is 3. The predicted molar refractivity (Wildman–Crippen MR) is 111 cm³/mol. The molecule has 0 spiro atoms. The van der Waals surface area contributed by atoms with Crippen molar-refractivity contribution in [3.63, 3.8) is 0 Å². The fourth-order valence-corrected chi connectivity index (χ4v) is 4.26. The molecule has 2 aromatic carbocycles. The molecule has 29 heavy (non-hydrogen) atoms. The van der Waals surface area contributed by atoms with E-state index in [0.29, 0.717) is 27.8 Å². The Labute approximate surface area is 181 Å². The highest BCUT2D eigenvalue weighted by Crippen LogP contribution is 2.32. The van der Waals surface area contributed by atoms with Crippen LogP contribution in [0.15, 0.2) is 36.4 Å². The molecule has 0 fully saturated rings. The number of esters is 1. The zero-order valence-corrected chi connectivity index (χ0v) is 18.0. The maximum Gasteiger partial charge on any atom is 0.308 e. The molecule has 0 aliphatic heterocycles. The maximum atomic E-state index is 13.0. The molecule has 2 aromatic rings. The van der Waals surface area contributed by atoms with Gasteiger partial charge in [0.2, 0.25) is 0 Å². The number of aliphatic hydroxyl groups is 1. The summed E-state index contributed by atoms with van der Waals surface area (Å²) in [5.74, 6) is -0.291. The first-order valence-electron chi connectivity index (χ1n) is 8.73. The fourth-order valence-electron chi connectivity index (χ4n) is 2.54. The van der Waals surface area contributed by atoms with Crippen LogP contribution in [0, 0.1) is 5.82 Å². The van der Waals surface area contributed by atoms with Crippen molar-refractivity contribution in [3.8, 4) is 5.75 Å². The van der Waals surface area contributed by atoms with Gasteiger partial charge in [-0.25, -0.2) is 4.39 Å². The number of methoxy groups -OCH3 is 1. The van der Waals surface area contributed by atoms with Crippen LogP contribution in [0.1, 0.15) is 17.5 Å². The van der Waals surface area contributed by atoms with Crippen LogP contribution in [0.25, 0.3) is 0 Å². The van der Waals surface area contributed by atoms with Gasteiger partial charge >= 0.3 is 5.97 Å². The number of carbonyl (C=O) groups excluding carboxylic acids is 1. The van der Waals surface area contributed by atoms with Gasteiger partial charge in [0, 0.05) is 32.2 Å². The predicted octanol–water partition coefficient (Wildman–Crippen LogP) is 3.93. The van der Waals surface area contributed by atoms with Crippen LogP contribution in [0.4, 0.5) is 4.39 Å². The van der Waals surface area contributed by atoms with Gasteiger partial charge < -0.3 is 14.6 Å². The van der Waals surface area contributed by atoms with Crippen LogP contribution >= 0.6 is 23.2 Å². The molecule has 0 bridgehead atoms. The topological polar surface area (TPSA) is 72.8 Å². The molecule has 0 saturated carbocycles. The Balaban J connectivity index is 2.01. The van der Waals surface area contributed by atoms with E-state index in [1.165, 1.54) is 19.2 Å². The number of hydrogen-bond acceptors (Lipinski definition) is 5. The van der Waals surface area contributed by atoms with Crippen LogP contribution in [0.5, 0.6) is 5.75 Å². The van der Waals surface area contributed by atoms with Crippen molar-refractivity contribution >= 4 is 40.0 Å². The van der Waals surface area contributed by atoms with Gasteiger partial charge in [-0.05, 0) is 36.2 Å². The first-order valence-corrected chi connectivity index (χ1v) is 11.0. The average Bonchev–Trinajstić information content (AvgIpc) is 2.66. The van der Waals surface area contributed by atoms with Gasteiger partial charge in [-0.1, -0.05) is 35.3 Å². The smallest absolute Gasteiger partial charge is 0.308 e. The Morgan fingerprint density at radius 1 is 1.24 bits per heavy atom. The number of hydrogen-bond donors (Lipinski definition) is 1. The molecule has 0 aromatic heterocycles. The van der Waals surface area contributed by atoms with E-state index in [-0.39, 0.29) is 30.4 Å². The molecule has 0 aliphatic carbocycles. The molecule has 0 radical (unpaired) electrons. The zero-order chi connectivity index (χ0) is 21.4. The molecule has 2 rings (SSSR count). The van der Waals surface area contributed by atoms with Gasteiger partial charge in [0.05, 0.1) is 25.4 Å². The third-order valence-electron chi connectivity index (χ3n) is 4.01. The van der Waals surface area contributed by atoms with Crippen molar-refractivity contribution in [3.05, 3.63) is 63.4 Å². The Bertz CT molecular complexity index is 861. The largest absolute Gasteiger partial charge is 0.489 e. The highest BCUT2D eigenvalue weighted by atomic mass is 35.5. The van der Waals surface area contributed by atoms with Gasteiger partial charge in [0.1, 0.15) is 18.2 Å². The molecule has 0 amide bonds. The van der Waals surface area contributed by atoms with Crippen LogP contribution in [-0.4, -0.2) is 40.0 Å². The van der Waals surface area contributed by atoms with E-state index < -0.39 is 22.9 Å². The lowest BCUT2D eigenvalue weighted by Crippen LogP contribution is -2.23. The normalized spacial score (nSPS) is 13.0. The third kappa shape index (κ3) is 7.93. The van der Waals surface area contributed by atoms with E-state index in [1.54, 1.807) is 24.3 Å². The van der Waals surface area contributed by atoms with E-state index in [9.17, 15) is 18.5 Å². The van der Waals surface area contributed by atoms with E-state index >= 15 is 0 Å². The van der Waals surface area contributed by atoms with Gasteiger partial charge in [0.25, 0.3) is 0 Å². The van der Waals surface area contributed by atoms with E-state index in [4.69, 9.17) is 27.9 Å². The summed E-state index contributed by atoms with van der Waals surface area (Å²) in [6, 6.07) is 9.08. The van der Waals surface area contributed by atoms with E-state index in [1.807, 2.05) is 0 Å². The highest BCUT2D eigenvalue weighted by molar-refractivity contribution is 7.85. The SMILES string of the molecule is COC(=O)CC(O)CS(=O)CCc1c(Cl)cc(Cl)cc1OCc1ccc(F)cc1. The van der Waals surface area contributed by atoms with E-state index in [2.05, 4.69) is 4.74 Å². The molecule has 5 nitrogen and oxygen atoms in total. The first-order chi connectivity index (χ1) is 13.8. The van der Waals surface area contributed by atoms with Crippen LogP contribution in [-0.2, 0) is 33.4 Å². The molecule has 158 valence electrons. The summed E-state index contributed by atoms with van der Waals surface area (Å²) in [7, 11) is -0.156. The second kappa shape index (κ2) is 11.5. The highest BCUT2D eigenvalue weighted by Gasteiger charge is 2.17. The van der Waals surface area contributed by atoms with Crippen molar-refractivity contribution in [2.45, 2.75) is 25.6 Å². The fraction of sp³-hybridized carbons (Fsp3) is 0.350. The Morgan fingerprint density at radius 2 is 1.93 bits per heavy atom. The maximum absolute atomic E-state index is 13.0. The summed E-state index contributed by atoms with van der Waals surface area (Å²) in [4.78, 5) is 11.2. The van der Waals surface area contributed by atoms with Crippen LogP contribution < -0.4 is 4.74 Å². The van der Waals surface area contributed by atoms with Crippen LogP contribution in [0.2, 0.25) is 10.0 Å². The molecule has 0 heterocycles. The molecule has 0 aliphatic rings. The summed E-state index contributed by atoms with van der Waals surface area (Å²) in [6.45, 7) is 0.185. The van der Waals surface area contributed by atoms with Crippen molar-refractivity contribution in [2.75, 3.05) is 18.6 Å². The monoisotopic (exact) mass is 462 g/mol. The summed E-state index contributed by atoms with van der Waals surface area (Å²) >= 11 is 12.4. The average molecular weight is 463 g/mol. The second-order valence-corrected chi connectivity index (χ2v) is 8.74. The quantitative estimate of drug-likeness (QED) is 0.541.